The normalized spacial score (nSPS) is 15.7. The molecule has 0 atom stereocenters. The van der Waals surface area contributed by atoms with E-state index in [2.05, 4.69) is 0 Å². The predicted octanol–water partition coefficient (Wildman–Crippen LogP) is 1.54. The van der Waals surface area contributed by atoms with Crippen LogP contribution in [0.4, 0.5) is 13.2 Å². The first-order valence-electron chi connectivity index (χ1n) is 5.63. The Balaban J connectivity index is 1.90. The highest BCUT2D eigenvalue weighted by molar-refractivity contribution is 5.88. The first-order chi connectivity index (χ1) is 9.27. The Morgan fingerprint density at radius 1 is 1.30 bits per heavy atom. The van der Waals surface area contributed by atoms with Crippen LogP contribution in [-0.4, -0.2) is 47.3 Å². The summed E-state index contributed by atoms with van der Waals surface area (Å²) in [4.78, 5) is 22.2. The van der Waals surface area contributed by atoms with Gasteiger partial charge >= 0.3 is 18.1 Å². The SMILES string of the molecule is O=C(O)c1cccc(OC2CN(C(=O)C(F)(F)F)C2)c1. The number of nitrogens with zero attached hydrogens (tertiary/aromatic N) is 1. The van der Waals surface area contributed by atoms with Crippen LogP contribution in [0, 0.1) is 0 Å². The zero-order valence-electron chi connectivity index (χ0n) is 10.1. The van der Waals surface area contributed by atoms with Crippen molar-refractivity contribution in [1.29, 1.82) is 0 Å². The fourth-order valence-corrected chi connectivity index (χ4v) is 1.75. The van der Waals surface area contributed by atoms with Crippen molar-refractivity contribution < 1.29 is 32.6 Å². The lowest BCUT2D eigenvalue weighted by molar-refractivity contribution is -0.193. The van der Waals surface area contributed by atoms with Crippen LogP contribution in [0.1, 0.15) is 10.4 Å². The third-order valence-electron chi connectivity index (χ3n) is 2.76. The molecule has 0 spiro atoms. The molecule has 1 aliphatic rings. The zero-order chi connectivity index (χ0) is 14.9. The van der Waals surface area contributed by atoms with E-state index in [1.165, 1.54) is 24.3 Å². The van der Waals surface area contributed by atoms with Crippen molar-refractivity contribution in [1.82, 2.24) is 4.90 Å². The lowest BCUT2D eigenvalue weighted by atomic mass is 10.1. The predicted molar refractivity (Wildman–Crippen MR) is 60.5 cm³/mol. The van der Waals surface area contributed by atoms with Crippen LogP contribution in [-0.2, 0) is 4.79 Å². The van der Waals surface area contributed by atoms with Crippen molar-refractivity contribution in [3.8, 4) is 5.75 Å². The summed E-state index contributed by atoms with van der Waals surface area (Å²) in [6, 6.07) is 5.61. The summed E-state index contributed by atoms with van der Waals surface area (Å²) in [6.07, 6.45) is -5.45. The van der Waals surface area contributed by atoms with Gasteiger partial charge in [-0.05, 0) is 18.2 Å². The summed E-state index contributed by atoms with van der Waals surface area (Å²) >= 11 is 0. The van der Waals surface area contributed by atoms with E-state index in [9.17, 15) is 22.8 Å². The van der Waals surface area contributed by atoms with Crippen LogP contribution < -0.4 is 4.74 Å². The van der Waals surface area contributed by atoms with Gasteiger partial charge < -0.3 is 14.7 Å². The van der Waals surface area contributed by atoms with Gasteiger partial charge in [-0.2, -0.15) is 13.2 Å². The van der Waals surface area contributed by atoms with Gasteiger partial charge in [-0.1, -0.05) is 6.07 Å². The third kappa shape index (κ3) is 3.01. The van der Waals surface area contributed by atoms with Gasteiger partial charge in [-0.25, -0.2) is 4.79 Å². The molecule has 0 bridgehead atoms. The molecule has 1 aliphatic heterocycles. The molecule has 1 aromatic rings. The van der Waals surface area contributed by atoms with Gasteiger partial charge in [0.25, 0.3) is 0 Å². The molecule has 1 heterocycles. The van der Waals surface area contributed by atoms with E-state index in [1.54, 1.807) is 0 Å². The van der Waals surface area contributed by atoms with E-state index in [4.69, 9.17) is 9.84 Å². The lowest BCUT2D eigenvalue weighted by Crippen LogP contribution is -2.59. The Bertz CT molecular complexity index is 538. The van der Waals surface area contributed by atoms with Crippen LogP contribution in [0.25, 0.3) is 0 Å². The Morgan fingerprint density at radius 2 is 1.95 bits per heavy atom. The standard InChI is InChI=1S/C12H10F3NO4/c13-12(14,15)11(19)16-5-9(6-16)20-8-3-1-2-7(4-8)10(17)18/h1-4,9H,5-6H2,(H,17,18). The minimum atomic E-state index is -4.88. The molecule has 1 amide bonds. The maximum absolute atomic E-state index is 12.1. The van der Waals surface area contributed by atoms with Gasteiger partial charge in [0.05, 0.1) is 18.7 Å². The molecule has 1 fully saturated rings. The first kappa shape index (κ1) is 14.2. The number of halogens is 3. The fraction of sp³-hybridized carbons (Fsp3) is 0.333. The van der Waals surface area contributed by atoms with E-state index < -0.39 is 24.2 Å². The highest BCUT2D eigenvalue weighted by Crippen LogP contribution is 2.24. The largest absolute Gasteiger partial charge is 0.487 e. The van der Waals surface area contributed by atoms with Gasteiger partial charge in [0.1, 0.15) is 11.9 Å². The highest BCUT2D eigenvalue weighted by Gasteiger charge is 2.47. The molecule has 0 aromatic heterocycles. The minimum absolute atomic E-state index is 0.0186. The second kappa shape index (κ2) is 5.03. The second-order valence-corrected chi connectivity index (χ2v) is 4.28. The van der Waals surface area contributed by atoms with E-state index in [-0.39, 0.29) is 24.4 Å². The summed E-state index contributed by atoms with van der Waals surface area (Å²) in [5, 5.41) is 8.79. The molecule has 0 unspecified atom stereocenters. The molecule has 0 aliphatic carbocycles. The molecule has 2 rings (SSSR count). The highest BCUT2D eigenvalue weighted by atomic mass is 19.4. The van der Waals surface area contributed by atoms with E-state index in [1.807, 2.05) is 0 Å². The van der Waals surface area contributed by atoms with Gasteiger partial charge in [0.15, 0.2) is 0 Å². The number of aromatic carboxylic acids is 1. The fourth-order valence-electron chi connectivity index (χ4n) is 1.75. The van der Waals surface area contributed by atoms with Gasteiger partial charge in [-0.3, -0.25) is 4.79 Å². The number of hydrogen-bond donors (Lipinski definition) is 1. The summed E-state index contributed by atoms with van der Waals surface area (Å²) in [7, 11) is 0. The number of alkyl halides is 3. The van der Waals surface area contributed by atoms with E-state index in [0.717, 1.165) is 0 Å². The number of benzene rings is 1. The van der Waals surface area contributed by atoms with Crippen LogP contribution in [0.2, 0.25) is 0 Å². The first-order valence-corrected chi connectivity index (χ1v) is 5.63. The van der Waals surface area contributed by atoms with E-state index >= 15 is 0 Å². The van der Waals surface area contributed by atoms with Crippen LogP contribution in [0.15, 0.2) is 24.3 Å². The van der Waals surface area contributed by atoms with Crippen molar-refractivity contribution in [2.75, 3.05) is 13.1 Å². The Kier molecular flexibility index (Phi) is 3.56. The maximum atomic E-state index is 12.1. The minimum Gasteiger partial charge on any atom is -0.487 e. The molecular weight excluding hydrogens is 279 g/mol. The molecule has 20 heavy (non-hydrogen) atoms. The summed E-state index contributed by atoms with van der Waals surface area (Å²) < 4.78 is 41.7. The Labute approximate surface area is 111 Å². The van der Waals surface area contributed by atoms with Crippen molar-refractivity contribution in [2.45, 2.75) is 12.3 Å². The third-order valence-corrected chi connectivity index (χ3v) is 2.76. The number of carboxylic acid groups (broad SMARTS) is 1. The molecular formula is C12H10F3NO4. The second-order valence-electron chi connectivity index (χ2n) is 4.28. The molecule has 1 saturated heterocycles. The topological polar surface area (TPSA) is 66.8 Å². The van der Waals surface area contributed by atoms with E-state index in [0.29, 0.717) is 4.90 Å². The van der Waals surface area contributed by atoms with Crippen LogP contribution in [0.5, 0.6) is 5.75 Å². The van der Waals surface area contributed by atoms with Gasteiger partial charge in [0.2, 0.25) is 0 Å². The number of carbonyl (C=O) groups is 2. The number of hydrogen-bond acceptors (Lipinski definition) is 3. The molecule has 1 N–H and O–H groups in total. The van der Waals surface area contributed by atoms with Gasteiger partial charge in [-0.15, -0.1) is 0 Å². The van der Waals surface area contributed by atoms with Crippen LogP contribution in [0.3, 0.4) is 0 Å². The number of amides is 1. The van der Waals surface area contributed by atoms with Crippen molar-refractivity contribution in [3.05, 3.63) is 29.8 Å². The quantitative estimate of drug-likeness (QED) is 0.916. The summed E-state index contributed by atoms with van der Waals surface area (Å²) in [5.74, 6) is -2.77. The summed E-state index contributed by atoms with van der Waals surface area (Å²) in [5.41, 5.74) is 0.0186. The monoisotopic (exact) mass is 289 g/mol. The molecule has 108 valence electrons. The van der Waals surface area contributed by atoms with Crippen molar-refractivity contribution in [3.63, 3.8) is 0 Å². The number of rotatable bonds is 3. The summed E-state index contributed by atoms with van der Waals surface area (Å²) in [6.45, 7) is -0.342. The van der Waals surface area contributed by atoms with Crippen LogP contribution >= 0.6 is 0 Å². The average molecular weight is 289 g/mol. The van der Waals surface area contributed by atoms with Crippen molar-refractivity contribution >= 4 is 11.9 Å². The zero-order valence-corrected chi connectivity index (χ0v) is 10.1. The molecule has 0 saturated carbocycles. The Morgan fingerprint density at radius 3 is 2.50 bits per heavy atom. The van der Waals surface area contributed by atoms with Gasteiger partial charge in [0, 0.05) is 0 Å². The lowest BCUT2D eigenvalue weighted by Gasteiger charge is -2.39. The molecule has 1 aromatic carbocycles. The smallest absolute Gasteiger partial charge is 0.471 e. The number of carboxylic acids is 1. The average Bonchev–Trinajstić information content (AvgIpc) is 2.31. The number of carbonyl (C=O) groups excluding carboxylic acids is 1. The van der Waals surface area contributed by atoms with Crippen molar-refractivity contribution in [2.24, 2.45) is 0 Å². The Hall–Kier alpha value is -2.25. The number of likely N-dealkylation sites (tertiary alicyclic amines) is 1. The maximum Gasteiger partial charge on any atom is 0.471 e. The molecule has 5 nitrogen and oxygen atoms in total. The number of ether oxygens (including phenoxy) is 1. The molecule has 0 radical (unpaired) electrons. The molecule has 8 heteroatoms.